The Hall–Kier alpha value is -0.240. The smallest absolute Gasteiger partial charge is 0.0856 e. The Kier molecular flexibility index (Phi) is 7.96. The zero-order valence-corrected chi connectivity index (χ0v) is 8.28. The fraction of sp³-hybridized carbons (Fsp3) is 1.00. The van der Waals surface area contributed by atoms with Gasteiger partial charge < -0.3 is 31.1 Å². The highest BCUT2D eigenvalue weighted by atomic mass is 16.5. The SMILES string of the molecule is C1COCCN1.NC(CO)(CO)CO. The minimum Gasteiger partial charge on any atom is -0.394 e. The van der Waals surface area contributed by atoms with Crippen LogP contribution in [0.25, 0.3) is 0 Å². The number of hydrogen-bond donors (Lipinski definition) is 5. The molecule has 0 bridgehead atoms. The molecule has 14 heavy (non-hydrogen) atoms. The lowest BCUT2D eigenvalue weighted by Crippen LogP contribution is -2.50. The molecular formula is C8H20N2O4. The van der Waals surface area contributed by atoms with Crippen LogP contribution in [0.1, 0.15) is 0 Å². The largest absolute Gasteiger partial charge is 0.394 e. The Morgan fingerprint density at radius 1 is 1.07 bits per heavy atom. The third kappa shape index (κ3) is 6.25. The quantitative estimate of drug-likeness (QED) is 0.344. The van der Waals surface area contributed by atoms with Crippen LogP contribution >= 0.6 is 0 Å². The van der Waals surface area contributed by atoms with Crippen molar-refractivity contribution in [1.82, 2.24) is 5.32 Å². The van der Waals surface area contributed by atoms with Crippen LogP contribution in [0.4, 0.5) is 0 Å². The summed E-state index contributed by atoms with van der Waals surface area (Å²) < 4.78 is 5.01. The van der Waals surface area contributed by atoms with Gasteiger partial charge in [0.2, 0.25) is 0 Å². The van der Waals surface area contributed by atoms with Crippen molar-refractivity contribution >= 4 is 0 Å². The van der Waals surface area contributed by atoms with Crippen molar-refractivity contribution < 1.29 is 20.1 Å². The zero-order valence-electron chi connectivity index (χ0n) is 8.28. The zero-order chi connectivity index (χ0) is 10.9. The molecule has 0 aromatic rings. The van der Waals surface area contributed by atoms with Crippen molar-refractivity contribution in [3.05, 3.63) is 0 Å². The highest BCUT2D eigenvalue weighted by Crippen LogP contribution is 1.93. The molecule has 0 aromatic carbocycles. The molecule has 6 N–H and O–H groups in total. The van der Waals surface area contributed by atoms with Crippen molar-refractivity contribution in [3.8, 4) is 0 Å². The van der Waals surface area contributed by atoms with E-state index in [1.165, 1.54) is 0 Å². The second-order valence-electron chi connectivity index (χ2n) is 3.20. The van der Waals surface area contributed by atoms with Gasteiger partial charge in [0.1, 0.15) is 0 Å². The molecule has 0 spiro atoms. The van der Waals surface area contributed by atoms with E-state index in [0.717, 1.165) is 26.3 Å². The van der Waals surface area contributed by atoms with Crippen LogP contribution < -0.4 is 11.1 Å². The Labute approximate surface area is 83.7 Å². The molecular weight excluding hydrogens is 188 g/mol. The second kappa shape index (κ2) is 8.10. The van der Waals surface area contributed by atoms with Crippen molar-refractivity contribution in [1.29, 1.82) is 0 Å². The Balaban J connectivity index is 0.000000249. The van der Waals surface area contributed by atoms with Crippen molar-refractivity contribution in [3.63, 3.8) is 0 Å². The predicted molar refractivity (Wildman–Crippen MR) is 51.9 cm³/mol. The van der Waals surface area contributed by atoms with Gasteiger partial charge in [0.25, 0.3) is 0 Å². The summed E-state index contributed by atoms with van der Waals surface area (Å²) in [5.74, 6) is 0. The number of ether oxygens (including phenoxy) is 1. The molecule has 0 atom stereocenters. The molecule has 6 heteroatoms. The van der Waals surface area contributed by atoms with Crippen LogP contribution in [0.2, 0.25) is 0 Å². The van der Waals surface area contributed by atoms with Crippen LogP contribution in [-0.2, 0) is 4.74 Å². The number of aliphatic hydroxyl groups is 3. The van der Waals surface area contributed by atoms with E-state index in [4.69, 9.17) is 25.8 Å². The summed E-state index contributed by atoms with van der Waals surface area (Å²) in [6.45, 7) is 2.62. The van der Waals surface area contributed by atoms with Crippen LogP contribution in [0, 0.1) is 0 Å². The summed E-state index contributed by atoms with van der Waals surface area (Å²) in [6, 6.07) is 0. The maximum absolute atomic E-state index is 8.34. The first-order valence-electron chi connectivity index (χ1n) is 4.58. The van der Waals surface area contributed by atoms with E-state index in [0.29, 0.717) is 0 Å². The number of morpholine rings is 1. The molecule has 86 valence electrons. The molecule has 1 aliphatic heterocycles. The van der Waals surface area contributed by atoms with E-state index in [-0.39, 0.29) is 0 Å². The number of aliphatic hydroxyl groups excluding tert-OH is 3. The van der Waals surface area contributed by atoms with Crippen LogP contribution in [0.3, 0.4) is 0 Å². The van der Waals surface area contributed by atoms with Crippen LogP contribution in [0.5, 0.6) is 0 Å². The van der Waals surface area contributed by atoms with Gasteiger partial charge in [-0.2, -0.15) is 0 Å². The molecule has 0 saturated carbocycles. The molecule has 1 saturated heterocycles. The monoisotopic (exact) mass is 208 g/mol. The molecule has 6 nitrogen and oxygen atoms in total. The summed E-state index contributed by atoms with van der Waals surface area (Å²) in [5.41, 5.74) is 3.94. The van der Waals surface area contributed by atoms with Crippen LogP contribution in [0.15, 0.2) is 0 Å². The lowest BCUT2D eigenvalue weighted by atomic mass is 10.1. The average molecular weight is 208 g/mol. The van der Waals surface area contributed by atoms with E-state index < -0.39 is 25.4 Å². The lowest BCUT2D eigenvalue weighted by Gasteiger charge is -2.20. The molecule has 0 unspecified atom stereocenters. The number of rotatable bonds is 3. The van der Waals surface area contributed by atoms with E-state index >= 15 is 0 Å². The van der Waals surface area contributed by atoms with E-state index in [1.807, 2.05) is 0 Å². The van der Waals surface area contributed by atoms with Crippen molar-refractivity contribution in [2.24, 2.45) is 5.73 Å². The highest BCUT2D eigenvalue weighted by Gasteiger charge is 2.20. The van der Waals surface area contributed by atoms with Gasteiger partial charge in [-0.1, -0.05) is 0 Å². The molecule has 0 aliphatic carbocycles. The second-order valence-corrected chi connectivity index (χ2v) is 3.20. The fourth-order valence-electron chi connectivity index (χ4n) is 0.666. The van der Waals surface area contributed by atoms with Crippen LogP contribution in [-0.4, -0.2) is 67.0 Å². The fourth-order valence-corrected chi connectivity index (χ4v) is 0.666. The minimum atomic E-state index is -1.21. The Bertz CT molecular complexity index is 107. The summed E-state index contributed by atoms with van der Waals surface area (Å²) >= 11 is 0. The van der Waals surface area contributed by atoms with Gasteiger partial charge in [-0.25, -0.2) is 0 Å². The Morgan fingerprint density at radius 2 is 1.50 bits per heavy atom. The topological polar surface area (TPSA) is 108 Å². The molecule has 1 fully saturated rings. The summed E-state index contributed by atoms with van der Waals surface area (Å²) in [6.07, 6.45) is 0. The molecule has 1 heterocycles. The maximum atomic E-state index is 8.34. The summed E-state index contributed by atoms with van der Waals surface area (Å²) in [5, 5.41) is 28.2. The number of hydrogen-bond acceptors (Lipinski definition) is 6. The Morgan fingerprint density at radius 3 is 1.57 bits per heavy atom. The van der Waals surface area contributed by atoms with Gasteiger partial charge in [0.15, 0.2) is 0 Å². The van der Waals surface area contributed by atoms with Crippen molar-refractivity contribution in [2.75, 3.05) is 46.1 Å². The van der Waals surface area contributed by atoms with Gasteiger partial charge in [-0.3, -0.25) is 0 Å². The first-order chi connectivity index (χ1) is 6.68. The lowest BCUT2D eigenvalue weighted by molar-refractivity contribution is 0.0698. The molecule has 0 amide bonds. The first kappa shape index (κ1) is 13.8. The van der Waals surface area contributed by atoms with Crippen molar-refractivity contribution in [2.45, 2.75) is 5.54 Å². The van der Waals surface area contributed by atoms with E-state index in [9.17, 15) is 0 Å². The molecule has 0 aromatic heterocycles. The molecule has 0 radical (unpaired) electrons. The standard InChI is InChI=1S/C4H11NO3.C4H9NO/c5-4(1-6,2-7)3-8;1-3-6-4-2-5-1/h6-8H,1-3,5H2;5H,1-4H2. The molecule has 1 rings (SSSR count). The number of nitrogens with one attached hydrogen (secondary N) is 1. The summed E-state index contributed by atoms with van der Waals surface area (Å²) in [7, 11) is 0. The van der Waals surface area contributed by atoms with Gasteiger partial charge in [0.05, 0.1) is 38.6 Å². The predicted octanol–water partition coefficient (Wildman–Crippen LogP) is -2.73. The number of nitrogens with two attached hydrogens (primary N) is 1. The van der Waals surface area contributed by atoms with Gasteiger partial charge >= 0.3 is 0 Å². The highest BCUT2D eigenvalue weighted by molar-refractivity contribution is 4.80. The normalized spacial score (nSPS) is 17.1. The third-order valence-electron chi connectivity index (χ3n) is 1.79. The summed E-state index contributed by atoms with van der Waals surface area (Å²) in [4.78, 5) is 0. The maximum Gasteiger partial charge on any atom is 0.0856 e. The van der Waals surface area contributed by atoms with E-state index in [1.54, 1.807) is 0 Å². The average Bonchev–Trinajstić information content (AvgIpc) is 2.31. The molecule has 1 aliphatic rings. The van der Waals surface area contributed by atoms with E-state index in [2.05, 4.69) is 5.32 Å². The third-order valence-corrected chi connectivity index (χ3v) is 1.79. The first-order valence-corrected chi connectivity index (χ1v) is 4.58. The van der Waals surface area contributed by atoms with Gasteiger partial charge in [0, 0.05) is 13.1 Å². The van der Waals surface area contributed by atoms with Gasteiger partial charge in [-0.05, 0) is 0 Å². The van der Waals surface area contributed by atoms with Gasteiger partial charge in [-0.15, -0.1) is 0 Å². The minimum absolute atomic E-state index is 0.403.